The highest BCUT2D eigenvalue weighted by molar-refractivity contribution is 6.26. The Kier molecular flexibility index (Phi) is 7.42. The van der Waals surface area contributed by atoms with Gasteiger partial charge in [-0.15, -0.1) is 0 Å². The van der Waals surface area contributed by atoms with Crippen LogP contribution < -0.4 is 0 Å². The van der Waals surface area contributed by atoms with Crippen molar-refractivity contribution in [3.63, 3.8) is 0 Å². The van der Waals surface area contributed by atoms with E-state index in [2.05, 4.69) is 173 Å². The van der Waals surface area contributed by atoms with Gasteiger partial charge in [0, 0.05) is 38.4 Å². The van der Waals surface area contributed by atoms with Gasteiger partial charge < -0.3 is 4.57 Å². The van der Waals surface area contributed by atoms with E-state index in [1.54, 1.807) is 0 Å². The molecule has 0 spiro atoms. The molecule has 0 aliphatic carbocycles. The lowest BCUT2D eigenvalue weighted by molar-refractivity contribution is 0.955. The summed E-state index contributed by atoms with van der Waals surface area (Å²) in [7, 11) is 0. The van der Waals surface area contributed by atoms with Gasteiger partial charge in [0.05, 0.1) is 22.1 Å². The predicted octanol–water partition coefficient (Wildman–Crippen LogP) is 12.7. The molecule has 56 heavy (non-hydrogen) atoms. The Bertz CT molecular complexity index is 3180. The van der Waals surface area contributed by atoms with Crippen LogP contribution in [0.25, 0.3) is 100 Å². The second-order valence-corrected chi connectivity index (χ2v) is 14.1. The van der Waals surface area contributed by atoms with E-state index >= 15 is 0 Å². The lowest BCUT2D eigenvalue weighted by atomic mass is 9.99. The standard InChI is InChI=1S/C51H33N5/c1-4-16-34(17-5-1)37-22-14-23-38(32-37)39-24-15-25-40(33-39)55-45-29-13-11-27-43(45)47-46(55)31-30-42-41-26-10-12-28-44(41)56(48(42)47)51-53-49(35-18-6-2-7-19-35)52-50(54-51)36-20-8-3-9-21-36/h1-33H. The fourth-order valence-corrected chi connectivity index (χ4v) is 8.23. The Hall–Kier alpha value is -7.63. The van der Waals surface area contributed by atoms with Gasteiger partial charge in [0.15, 0.2) is 11.6 Å². The lowest BCUT2D eigenvalue weighted by Crippen LogP contribution is -2.06. The monoisotopic (exact) mass is 715 g/mol. The van der Waals surface area contributed by atoms with E-state index in [0.29, 0.717) is 17.6 Å². The van der Waals surface area contributed by atoms with E-state index in [1.807, 2.05) is 36.4 Å². The summed E-state index contributed by atoms with van der Waals surface area (Å²) >= 11 is 0. The Morgan fingerprint density at radius 2 is 0.804 bits per heavy atom. The molecule has 3 aromatic heterocycles. The van der Waals surface area contributed by atoms with Crippen LogP contribution >= 0.6 is 0 Å². The number of hydrogen-bond donors (Lipinski definition) is 0. The molecule has 8 aromatic carbocycles. The Morgan fingerprint density at radius 1 is 0.304 bits per heavy atom. The molecule has 5 nitrogen and oxygen atoms in total. The Balaban J connectivity index is 1.18. The molecule has 0 saturated heterocycles. The van der Waals surface area contributed by atoms with Crippen molar-refractivity contribution in [2.45, 2.75) is 0 Å². The van der Waals surface area contributed by atoms with Crippen LogP contribution in [0.5, 0.6) is 0 Å². The first-order chi connectivity index (χ1) is 27.8. The summed E-state index contributed by atoms with van der Waals surface area (Å²) < 4.78 is 4.64. The molecule has 0 radical (unpaired) electrons. The molecule has 0 saturated carbocycles. The molecule has 11 aromatic rings. The zero-order valence-electron chi connectivity index (χ0n) is 30.3. The molecule has 11 rings (SSSR count). The smallest absolute Gasteiger partial charge is 0.238 e. The van der Waals surface area contributed by atoms with Crippen molar-refractivity contribution in [1.82, 2.24) is 24.1 Å². The van der Waals surface area contributed by atoms with Crippen molar-refractivity contribution in [3.05, 3.63) is 200 Å². The highest BCUT2D eigenvalue weighted by atomic mass is 15.2. The second kappa shape index (κ2) is 13.0. The molecule has 3 heterocycles. The molecule has 0 aliphatic heterocycles. The van der Waals surface area contributed by atoms with Crippen LogP contribution in [-0.2, 0) is 0 Å². The van der Waals surface area contributed by atoms with Gasteiger partial charge in [-0.3, -0.25) is 4.57 Å². The van der Waals surface area contributed by atoms with Crippen molar-refractivity contribution in [2.24, 2.45) is 0 Å². The summed E-state index contributed by atoms with van der Waals surface area (Å²) in [5.74, 6) is 1.83. The van der Waals surface area contributed by atoms with Gasteiger partial charge in [-0.25, -0.2) is 4.98 Å². The zero-order valence-corrected chi connectivity index (χ0v) is 30.3. The zero-order chi connectivity index (χ0) is 37.0. The van der Waals surface area contributed by atoms with Crippen LogP contribution in [0.15, 0.2) is 200 Å². The quantitative estimate of drug-likeness (QED) is 0.172. The first-order valence-corrected chi connectivity index (χ1v) is 18.9. The molecule has 0 bridgehead atoms. The maximum Gasteiger partial charge on any atom is 0.238 e. The molecule has 262 valence electrons. The van der Waals surface area contributed by atoms with E-state index in [9.17, 15) is 0 Å². The average Bonchev–Trinajstić information content (AvgIpc) is 3.80. The van der Waals surface area contributed by atoms with Crippen LogP contribution in [0.2, 0.25) is 0 Å². The number of hydrogen-bond acceptors (Lipinski definition) is 3. The summed E-state index contributed by atoms with van der Waals surface area (Å²) in [6.07, 6.45) is 0. The second-order valence-electron chi connectivity index (χ2n) is 14.1. The van der Waals surface area contributed by atoms with Gasteiger partial charge in [-0.05, 0) is 58.7 Å². The van der Waals surface area contributed by atoms with E-state index < -0.39 is 0 Å². The van der Waals surface area contributed by atoms with Gasteiger partial charge >= 0.3 is 0 Å². The fraction of sp³-hybridized carbons (Fsp3) is 0. The minimum absolute atomic E-state index is 0.577. The first-order valence-electron chi connectivity index (χ1n) is 18.9. The van der Waals surface area contributed by atoms with Gasteiger partial charge in [-0.2, -0.15) is 9.97 Å². The molecular formula is C51H33N5. The van der Waals surface area contributed by atoms with Crippen LogP contribution in [0.3, 0.4) is 0 Å². The first kappa shape index (κ1) is 31.9. The molecule has 0 amide bonds. The summed E-state index contributed by atoms with van der Waals surface area (Å²) in [5, 5.41) is 4.60. The summed E-state index contributed by atoms with van der Waals surface area (Å²) in [6.45, 7) is 0. The number of aromatic nitrogens is 5. The van der Waals surface area contributed by atoms with Gasteiger partial charge in [0.25, 0.3) is 0 Å². The number of para-hydroxylation sites is 2. The van der Waals surface area contributed by atoms with Gasteiger partial charge in [0.1, 0.15) is 0 Å². The number of benzene rings is 8. The van der Waals surface area contributed by atoms with Gasteiger partial charge in [0.2, 0.25) is 5.95 Å². The number of fused-ring (bicyclic) bond motifs is 7. The third-order valence-corrected chi connectivity index (χ3v) is 10.8. The van der Waals surface area contributed by atoms with E-state index in [0.717, 1.165) is 66.0 Å². The Morgan fingerprint density at radius 3 is 1.46 bits per heavy atom. The molecule has 0 aliphatic rings. The van der Waals surface area contributed by atoms with Gasteiger partial charge in [-0.1, -0.05) is 164 Å². The minimum Gasteiger partial charge on any atom is -0.309 e. The molecule has 0 atom stereocenters. The third kappa shape index (κ3) is 5.21. The SMILES string of the molecule is c1ccc(-c2cccc(-c3cccc(-n4c5ccccc5c5c4ccc4c6ccccc6n(-c6nc(-c7ccccc7)nc(-c7ccccc7)n6)c45)c3)c2)cc1. The molecule has 0 unspecified atom stereocenters. The maximum atomic E-state index is 5.23. The number of nitrogens with zero attached hydrogens (tertiary/aromatic N) is 5. The van der Waals surface area contributed by atoms with Crippen molar-refractivity contribution in [2.75, 3.05) is 0 Å². The summed E-state index contributed by atoms with van der Waals surface area (Å²) in [6, 6.07) is 70.4. The maximum absolute atomic E-state index is 5.23. The fourth-order valence-electron chi connectivity index (χ4n) is 8.23. The molecular weight excluding hydrogens is 683 g/mol. The third-order valence-electron chi connectivity index (χ3n) is 10.8. The molecule has 0 fully saturated rings. The van der Waals surface area contributed by atoms with Crippen molar-refractivity contribution in [3.8, 4) is 56.7 Å². The van der Waals surface area contributed by atoms with Crippen LogP contribution in [0, 0.1) is 0 Å². The van der Waals surface area contributed by atoms with Crippen LogP contribution in [-0.4, -0.2) is 24.1 Å². The largest absolute Gasteiger partial charge is 0.309 e. The highest BCUT2D eigenvalue weighted by Crippen LogP contribution is 2.42. The van der Waals surface area contributed by atoms with Crippen molar-refractivity contribution >= 4 is 43.6 Å². The van der Waals surface area contributed by atoms with E-state index in [-0.39, 0.29) is 0 Å². The van der Waals surface area contributed by atoms with Crippen LogP contribution in [0.4, 0.5) is 0 Å². The van der Waals surface area contributed by atoms with E-state index in [1.165, 1.54) is 16.7 Å². The predicted molar refractivity (Wildman–Crippen MR) is 230 cm³/mol. The minimum atomic E-state index is 0.577. The summed E-state index contributed by atoms with van der Waals surface area (Å²) in [5.41, 5.74) is 12.1. The molecule has 0 N–H and O–H groups in total. The average molecular weight is 716 g/mol. The lowest BCUT2D eigenvalue weighted by Gasteiger charge is -2.12. The van der Waals surface area contributed by atoms with E-state index in [4.69, 9.17) is 15.0 Å². The van der Waals surface area contributed by atoms with Crippen LogP contribution in [0.1, 0.15) is 0 Å². The highest BCUT2D eigenvalue weighted by Gasteiger charge is 2.23. The topological polar surface area (TPSA) is 48.5 Å². The Labute approximate surface area is 323 Å². The summed E-state index contributed by atoms with van der Waals surface area (Å²) in [4.78, 5) is 15.5. The van der Waals surface area contributed by atoms with Crippen molar-refractivity contribution in [1.29, 1.82) is 0 Å². The normalized spacial score (nSPS) is 11.6. The number of rotatable bonds is 6. The van der Waals surface area contributed by atoms with Crippen molar-refractivity contribution < 1.29 is 0 Å². The molecule has 5 heteroatoms.